The molecule has 0 bridgehead atoms. The van der Waals surface area contributed by atoms with Crippen molar-refractivity contribution in [3.05, 3.63) is 41.2 Å². The van der Waals surface area contributed by atoms with E-state index in [1.54, 1.807) is 25.3 Å². The van der Waals surface area contributed by atoms with Gasteiger partial charge in [0, 0.05) is 18.2 Å². The molecule has 1 N–H and O–H groups in total. The third-order valence-corrected chi connectivity index (χ3v) is 4.06. The fourth-order valence-electron chi connectivity index (χ4n) is 2.83. The molecule has 6 nitrogen and oxygen atoms in total. The second-order valence-corrected chi connectivity index (χ2v) is 5.56. The van der Waals surface area contributed by atoms with Crippen molar-refractivity contribution in [1.29, 1.82) is 5.26 Å². The molecule has 1 aliphatic carbocycles. The van der Waals surface area contributed by atoms with E-state index in [1.165, 1.54) is 5.56 Å². The Kier molecular flexibility index (Phi) is 4.49. The maximum Gasteiger partial charge on any atom is 0.162 e. The lowest BCUT2D eigenvalue weighted by molar-refractivity contribution is 0.154. The molecule has 0 aliphatic heterocycles. The minimum Gasteiger partial charge on any atom is -0.493 e. The largest absolute Gasteiger partial charge is 0.493 e. The number of hydrogen-bond acceptors (Lipinski definition) is 5. The average Bonchev–Trinajstić information content (AvgIpc) is 2.97. The quantitative estimate of drug-likeness (QED) is 0.908. The number of aliphatic hydroxyl groups is 1. The monoisotopic (exact) mass is 313 g/mol. The van der Waals surface area contributed by atoms with Gasteiger partial charge in [-0.25, -0.2) is 0 Å². The highest BCUT2D eigenvalue weighted by Gasteiger charge is 2.20. The molecule has 2 aromatic rings. The van der Waals surface area contributed by atoms with E-state index in [9.17, 15) is 5.11 Å². The molecule has 120 valence electrons. The van der Waals surface area contributed by atoms with Gasteiger partial charge in [-0.3, -0.25) is 4.68 Å². The summed E-state index contributed by atoms with van der Waals surface area (Å²) >= 11 is 0. The SMILES string of the molecule is COc1cc(C#N)ccc1OCCn1ncc2c1CC(O)CC2. The number of hydrogen-bond donors (Lipinski definition) is 1. The van der Waals surface area contributed by atoms with Gasteiger partial charge in [0.2, 0.25) is 0 Å². The lowest BCUT2D eigenvalue weighted by Gasteiger charge is -2.19. The second-order valence-electron chi connectivity index (χ2n) is 5.56. The Morgan fingerprint density at radius 2 is 2.30 bits per heavy atom. The van der Waals surface area contributed by atoms with E-state index in [4.69, 9.17) is 14.7 Å². The Morgan fingerprint density at radius 3 is 3.09 bits per heavy atom. The van der Waals surface area contributed by atoms with Crippen molar-refractivity contribution in [1.82, 2.24) is 9.78 Å². The maximum atomic E-state index is 9.80. The van der Waals surface area contributed by atoms with Gasteiger partial charge in [-0.2, -0.15) is 10.4 Å². The number of fused-ring (bicyclic) bond motifs is 1. The van der Waals surface area contributed by atoms with Gasteiger partial charge in [0.15, 0.2) is 11.5 Å². The summed E-state index contributed by atoms with van der Waals surface area (Å²) in [5, 5.41) is 23.1. The lowest BCUT2D eigenvalue weighted by Crippen LogP contribution is -2.22. The predicted octanol–water partition coefficient (Wildman–Crippen LogP) is 1.69. The topological polar surface area (TPSA) is 80.3 Å². The first-order valence-corrected chi connectivity index (χ1v) is 7.64. The first-order valence-electron chi connectivity index (χ1n) is 7.64. The van der Waals surface area contributed by atoms with Crippen LogP contribution in [-0.2, 0) is 19.4 Å². The smallest absolute Gasteiger partial charge is 0.162 e. The summed E-state index contributed by atoms with van der Waals surface area (Å²) in [6.07, 6.45) is 3.93. The average molecular weight is 313 g/mol. The molecule has 6 heteroatoms. The van der Waals surface area contributed by atoms with Crippen molar-refractivity contribution in [2.45, 2.75) is 31.9 Å². The number of methoxy groups -OCH3 is 1. The van der Waals surface area contributed by atoms with Crippen LogP contribution in [0, 0.1) is 11.3 Å². The van der Waals surface area contributed by atoms with Gasteiger partial charge in [-0.05, 0) is 30.5 Å². The number of nitriles is 1. The van der Waals surface area contributed by atoms with Gasteiger partial charge in [0.25, 0.3) is 0 Å². The van der Waals surface area contributed by atoms with Gasteiger partial charge < -0.3 is 14.6 Å². The number of benzene rings is 1. The molecule has 0 spiro atoms. The normalized spacial score (nSPS) is 16.5. The Hall–Kier alpha value is -2.52. The van der Waals surface area contributed by atoms with Crippen LogP contribution >= 0.6 is 0 Å². The molecule has 1 aromatic carbocycles. The molecular formula is C17H19N3O3. The highest BCUT2D eigenvalue weighted by atomic mass is 16.5. The number of ether oxygens (including phenoxy) is 2. The van der Waals surface area contributed by atoms with Crippen LogP contribution in [0.4, 0.5) is 0 Å². The number of rotatable bonds is 5. The fraction of sp³-hybridized carbons (Fsp3) is 0.412. The van der Waals surface area contributed by atoms with Crippen molar-refractivity contribution >= 4 is 0 Å². The molecule has 0 fully saturated rings. The van der Waals surface area contributed by atoms with Crippen LogP contribution in [-0.4, -0.2) is 34.7 Å². The zero-order valence-electron chi connectivity index (χ0n) is 13.0. The third kappa shape index (κ3) is 3.30. The summed E-state index contributed by atoms with van der Waals surface area (Å²) in [6.45, 7) is 1.04. The van der Waals surface area contributed by atoms with Crippen LogP contribution in [0.3, 0.4) is 0 Å². The summed E-state index contributed by atoms with van der Waals surface area (Å²) < 4.78 is 12.9. The van der Waals surface area contributed by atoms with E-state index in [2.05, 4.69) is 11.2 Å². The Morgan fingerprint density at radius 1 is 1.43 bits per heavy atom. The van der Waals surface area contributed by atoms with Gasteiger partial charge in [-0.15, -0.1) is 0 Å². The Balaban J connectivity index is 1.64. The van der Waals surface area contributed by atoms with E-state index in [0.29, 0.717) is 36.6 Å². The van der Waals surface area contributed by atoms with Crippen LogP contribution in [0.1, 0.15) is 23.2 Å². The number of aliphatic hydroxyl groups excluding tert-OH is 1. The number of aryl methyl sites for hydroxylation is 1. The molecule has 1 aliphatic rings. The fourth-order valence-corrected chi connectivity index (χ4v) is 2.83. The van der Waals surface area contributed by atoms with Gasteiger partial charge >= 0.3 is 0 Å². The molecule has 1 atom stereocenters. The molecule has 0 saturated heterocycles. The van der Waals surface area contributed by atoms with Gasteiger partial charge in [-0.1, -0.05) is 0 Å². The van der Waals surface area contributed by atoms with Crippen LogP contribution in [0.15, 0.2) is 24.4 Å². The third-order valence-electron chi connectivity index (χ3n) is 4.06. The minimum absolute atomic E-state index is 0.280. The van der Waals surface area contributed by atoms with E-state index < -0.39 is 0 Å². The van der Waals surface area contributed by atoms with Crippen LogP contribution in [0.5, 0.6) is 11.5 Å². The number of nitrogens with zero attached hydrogens (tertiary/aromatic N) is 3. The molecule has 0 radical (unpaired) electrons. The Labute approximate surface area is 134 Å². The van der Waals surface area contributed by atoms with Gasteiger partial charge in [0.05, 0.1) is 37.6 Å². The van der Waals surface area contributed by atoms with E-state index in [1.807, 2.05) is 10.9 Å². The van der Waals surface area contributed by atoms with Gasteiger partial charge in [0.1, 0.15) is 6.61 Å². The van der Waals surface area contributed by atoms with Crippen molar-refractivity contribution in [2.24, 2.45) is 0 Å². The molecule has 0 saturated carbocycles. The van der Waals surface area contributed by atoms with Crippen LogP contribution in [0.2, 0.25) is 0 Å². The zero-order chi connectivity index (χ0) is 16.2. The van der Waals surface area contributed by atoms with E-state index in [0.717, 1.165) is 18.5 Å². The summed E-state index contributed by atoms with van der Waals surface area (Å²) in [5.41, 5.74) is 2.84. The molecule has 1 aromatic heterocycles. The number of aromatic nitrogens is 2. The first-order chi connectivity index (χ1) is 11.2. The van der Waals surface area contributed by atoms with E-state index >= 15 is 0 Å². The van der Waals surface area contributed by atoms with Crippen LogP contribution < -0.4 is 9.47 Å². The molecule has 0 amide bonds. The summed E-state index contributed by atoms with van der Waals surface area (Å²) in [4.78, 5) is 0. The molecular weight excluding hydrogens is 294 g/mol. The molecule has 23 heavy (non-hydrogen) atoms. The molecule has 1 heterocycles. The summed E-state index contributed by atoms with van der Waals surface area (Å²) in [7, 11) is 1.55. The zero-order valence-corrected chi connectivity index (χ0v) is 13.0. The maximum absolute atomic E-state index is 9.80. The molecule has 3 rings (SSSR count). The minimum atomic E-state index is -0.280. The van der Waals surface area contributed by atoms with Crippen molar-refractivity contribution < 1.29 is 14.6 Å². The second kappa shape index (κ2) is 6.71. The predicted molar refractivity (Wildman–Crippen MR) is 83.5 cm³/mol. The molecule has 1 unspecified atom stereocenters. The Bertz CT molecular complexity index is 733. The van der Waals surface area contributed by atoms with Crippen molar-refractivity contribution in [3.8, 4) is 17.6 Å². The highest BCUT2D eigenvalue weighted by molar-refractivity contribution is 5.46. The lowest BCUT2D eigenvalue weighted by atomic mass is 9.96. The summed E-state index contributed by atoms with van der Waals surface area (Å²) in [6, 6.07) is 7.16. The highest BCUT2D eigenvalue weighted by Crippen LogP contribution is 2.28. The van der Waals surface area contributed by atoms with Crippen LogP contribution in [0.25, 0.3) is 0 Å². The van der Waals surface area contributed by atoms with E-state index in [-0.39, 0.29) is 6.10 Å². The van der Waals surface area contributed by atoms with Crippen molar-refractivity contribution in [3.63, 3.8) is 0 Å². The first kappa shape index (κ1) is 15.4. The van der Waals surface area contributed by atoms with Crippen molar-refractivity contribution in [2.75, 3.05) is 13.7 Å². The summed E-state index contributed by atoms with van der Waals surface area (Å²) in [5.74, 6) is 1.15. The standard InChI is InChI=1S/C17H19N3O3/c1-22-17-8-12(10-18)2-5-16(17)23-7-6-20-15-9-14(21)4-3-13(15)11-19-20/h2,5,8,11,14,21H,3-4,6-7,9H2,1H3.